The predicted octanol–water partition coefficient (Wildman–Crippen LogP) is 2.61. The van der Waals surface area contributed by atoms with Gasteiger partial charge in [-0.15, -0.1) is 0 Å². The molecule has 0 fully saturated rings. The van der Waals surface area contributed by atoms with Crippen molar-refractivity contribution in [2.75, 3.05) is 0 Å². The minimum Gasteiger partial charge on any atom is -0.488 e. The number of amides is 1. The second-order valence-electron chi connectivity index (χ2n) is 4.00. The van der Waals surface area contributed by atoms with Crippen molar-refractivity contribution in [3.8, 4) is 5.75 Å². The molecule has 0 aliphatic carbocycles. The van der Waals surface area contributed by atoms with Crippen LogP contribution in [-0.2, 0) is 6.61 Å². The second-order valence-corrected chi connectivity index (χ2v) is 5.16. The molecule has 0 spiro atoms. The summed E-state index contributed by atoms with van der Waals surface area (Å²) in [6.07, 6.45) is 0. The summed E-state index contributed by atoms with van der Waals surface area (Å²) in [7, 11) is 0. The lowest BCUT2D eigenvalue weighted by Gasteiger charge is -2.10. The van der Waals surface area contributed by atoms with Crippen LogP contribution >= 0.6 is 22.6 Å². The standard InChI is InChI=1S/C14H12FIN2O2/c15-11-6-5-9(14(19)18-17)7-10(11)8-20-13-4-2-1-3-12(13)16/h1-7H,8,17H2,(H,18,19). The molecule has 104 valence electrons. The Morgan fingerprint density at radius 3 is 2.75 bits per heavy atom. The first-order chi connectivity index (χ1) is 9.61. The van der Waals surface area contributed by atoms with Gasteiger partial charge < -0.3 is 4.74 Å². The fraction of sp³-hybridized carbons (Fsp3) is 0.0714. The maximum atomic E-state index is 13.7. The van der Waals surface area contributed by atoms with E-state index in [1.807, 2.05) is 23.6 Å². The normalized spacial score (nSPS) is 10.2. The number of hydrazine groups is 1. The fourth-order valence-corrected chi connectivity index (χ4v) is 2.17. The summed E-state index contributed by atoms with van der Waals surface area (Å²) in [5, 5.41) is 0. The van der Waals surface area contributed by atoms with Crippen LogP contribution in [0.3, 0.4) is 0 Å². The number of hydrogen-bond acceptors (Lipinski definition) is 3. The van der Waals surface area contributed by atoms with Gasteiger partial charge in [-0.05, 0) is 52.9 Å². The summed E-state index contributed by atoms with van der Waals surface area (Å²) < 4.78 is 20.2. The maximum absolute atomic E-state index is 13.7. The van der Waals surface area contributed by atoms with Crippen molar-refractivity contribution in [3.63, 3.8) is 0 Å². The predicted molar refractivity (Wildman–Crippen MR) is 81.5 cm³/mol. The van der Waals surface area contributed by atoms with Crippen LogP contribution in [0, 0.1) is 9.39 Å². The van der Waals surface area contributed by atoms with E-state index in [1.54, 1.807) is 6.07 Å². The monoisotopic (exact) mass is 386 g/mol. The van der Waals surface area contributed by atoms with Crippen LogP contribution in [0.25, 0.3) is 0 Å². The van der Waals surface area contributed by atoms with Crippen LogP contribution in [0.2, 0.25) is 0 Å². The molecule has 0 saturated carbocycles. The number of carbonyl (C=O) groups is 1. The average molecular weight is 386 g/mol. The number of nitrogens with two attached hydrogens (primary N) is 1. The van der Waals surface area contributed by atoms with E-state index in [0.717, 1.165) is 3.57 Å². The van der Waals surface area contributed by atoms with Gasteiger partial charge in [0.25, 0.3) is 5.91 Å². The SMILES string of the molecule is NNC(=O)c1ccc(F)c(COc2ccccc2I)c1. The van der Waals surface area contributed by atoms with Crippen molar-refractivity contribution in [1.82, 2.24) is 5.43 Å². The minimum atomic E-state index is -0.472. The molecule has 2 aromatic rings. The zero-order chi connectivity index (χ0) is 14.5. The molecule has 6 heteroatoms. The van der Waals surface area contributed by atoms with Crippen LogP contribution in [-0.4, -0.2) is 5.91 Å². The Labute approximate surface area is 129 Å². The minimum absolute atomic E-state index is 0.0392. The number of rotatable bonds is 4. The molecule has 0 heterocycles. The third-order valence-electron chi connectivity index (χ3n) is 2.66. The Balaban J connectivity index is 2.17. The zero-order valence-electron chi connectivity index (χ0n) is 10.4. The molecule has 0 atom stereocenters. The largest absolute Gasteiger partial charge is 0.488 e. The highest BCUT2D eigenvalue weighted by atomic mass is 127. The van der Waals surface area contributed by atoms with E-state index in [-0.39, 0.29) is 12.2 Å². The van der Waals surface area contributed by atoms with Gasteiger partial charge in [0.15, 0.2) is 0 Å². The Morgan fingerprint density at radius 1 is 1.30 bits per heavy atom. The number of carbonyl (C=O) groups excluding carboxylic acids is 1. The van der Waals surface area contributed by atoms with Crippen molar-refractivity contribution < 1.29 is 13.9 Å². The van der Waals surface area contributed by atoms with Crippen molar-refractivity contribution in [1.29, 1.82) is 0 Å². The summed E-state index contributed by atoms with van der Waals surface area (Å²) in [6, 6.07) is 11.4. The summed E-state index contributed by atoms with van der Waals surface area (Å²) >= 11 is 2.14. The molecule has 0 bridgehead atoms. The third kappa shape index (κ3) is 3.45. The van der Waals surface area contributed by atoms with Crippen LogP contribution in [0.1, 0.15) is 15.9 Å². The Kier molecular flexibility index (Phi) is 4.91. The summed E-state index contributed by atoms with van der Waals surface area (Å²) in [4.78, 5) is 11.4. The smallest absolute Gasteiger partial charge is 0.265 e. The van der Waals surface area contributed by atoms with Crippen molar-refractivity contribution in [2.24, 2.45) is 5.84 Å². The third-order valence-corrected chi connectivity index (χ3v) is 3.55. The topological polar surface area (TPSA) is 64.3 Å². The van der Waals surface area contributed by atoms with Crippen molar-refractivity contribution in [3.05, 3.63) is 63.0 Å². The van der Waals surface area contributed by atoms with E-state index >= 15 is 0 Å². The highest BCUT2D eigenvalue weighted by molar-refractivity contribution is 14.1. The van der Waals surface area contributed by atoms with Gasteiger partial charge in [0.05, 0.1) is 3.57 Å². The van der Waals surface area contributed by atoms with Crippen LogP contribution in [0.5, 0.6) is 5.75 Å². The summed E-state index contributed by atoms with van der Waals surface area (Å²) in [5.74, 6) is 4.82. The van der Waals surface area contributed by atoms with Gasteiger partial charge in [0, 0.05) is 11.1 Å². The van der Waals surface area contributed by atoms with Gasteiger partial charge in [-0.3, -0.25) is 10.2 Å². The fourth-order valence-electron chi connectivity index (χ4n) is 1.63. The number of nitrogen functional groups attached to an aromatic ring is 1. The van der Waals surface area contributed by atoms with Gasteiger partial charge in [-0.2, -0.15) is 0 Å². The number of para-hydroxylation sites is 1. The zero-order valence-corrected chi connectivity index (χ0v) is 12.6. The van der Waals surface area contributed by atoms with Crippen LogP contribution in [0.15, 0.2) is 42.5 Å². The van der Waals surface area contributed by atoms with E-state index in [2.05, 4.69) is 22.6 Å². The molecule has 0 unspecified atom stereocenters. The van der Waals surface area contributed by atoms with E-state index in [9.17, 15) is 9.18 Å². The lowest BCUT2D eigenvalue weighted by atomic mass is 10.1. The molecule has 1 amide bonds. The highest BCUT2D eigenvalue weighted by Gasteiger charge is 2.10. The van der Waals surface area contributed by atoms with Gasteiger partial charge in [0.2, 0.25) is 0 Å². The van der Waals surface area contributed by atoms with Crippen molar-refractivity contribution >= 4 is 28.5 Å². The number of halogens is 2. The number of benzene rings is 2. The molecule has 0 aromatic heterocycles. The average Bonchev–Trinajstić information content (AvgIpc) is 2.47. The summed E-state index contributed by atoms with van der Waals surface area (Å²) in [6.45, 7) is 0.0392. The van der Waals surface area contributed by atoms with E-state index in [4.69, 9.17) is 10.6 Å². The van der Waals surface area contributed by atoms with Crippen LogP contribution < -0.4 is 16.0 Å². The molecule has 2 aromatic carbocycles. The molecular formula is C14H12FIN2O2. The quantitative estimate of drug-likeness (QED) is 0.368. The molecule has 4 nitrogen and oxygen atoms in total. The number of hydrogen-bond donors (Lipinski definition) is 2. The van der Waals surface area contributed by atoms with E-state index < -0.39 is 11.7 Å². The maximum Gasteiger partial charge on any atom is 0.265 e. The molecule has 0 radical (unpaired) electrons. The number of ether oxygens (including phenoxy) is 1. The molecular weight excluding hydrogens is 374 g/mol. The second kappa shape index (κ2) is 6.67. The lowest BCUT2D eigenvalue weighted by Crippen LogP contribution is -2.30. The first-order valence-corrected chi connectivity index (χ1v) is 6.86. The van der Waals surface area contributed by atoms with Gasteiger partial charge in [-0.1, -0.05) is 12.1 Å². The first-order valence-electron chi connectivity index (χ1n) is 5.78. The van der Waals surface area contributed by atoms with Gasteiger partial charge in [-0.25, -0.2) is 10.2 Å². The number of nitrogens with one attached hydrogen (secondary N) is 1. The molecule has 0 aliphatic rings. The first kappa shape index (κ1) is 14.7. The Hall–Kier alpha value is -1.67. The molecule has 3 N–H and O–H groups in total. The van der Waals surface area contributed by atoms with Crippen LogP contribution in [0.4, 0.5) is 4.39 Å². The molecule has 20 heavy (non-hydrogen) atoms. The molecule has 2 rings (SSSR count). The molecule has 0 aliphatic heterocycles. The van der Waals surface area contributed by atoms with Gasteiger partial charge in [0.1, 0.15) is 18.2 Å². The summed E-state index contributed by atoms with van der Waals surface area (Å²) in [5.41, 5.74) is 2.59. The lowest BCUT2D eigenvalue weighted by molar-refractivity contribution is 0.0953. The Bertz CT molecular complexity index is 634. The van der Waals surface area contributed by atoms with E-state index in [1.165, 1.54) is 18.2 Å². The Morgan fingerprint density at radius 2 is 2.05 bits per heavy atom. The highest BCUT2D eigenvalue weighted by Crippen LogP contribution is 2.21. The van der Waals surface area contributed by atoms with Gasteiger partial charge >= 0.3 is 0 Å². The molecule has 0 saturated heterocycles. The van der Waals surface area contributed by atoms with Crippen molar-refractivity contribution in [2.45, 2.75) is 6.61 Å². The van der Waals surface area contributed by atoms with E-state index in [0.29, 0.717) is 11.3 Å².